The van der Waals surface area contributed by atoms with Crippen molar-refractivity contribution in [3.05, 3.63) is 28.8 Å². The van der Waals surface area contributed by atoms with Crippen LogP contribution in [0.25, 0.3) is 0 Å². The van der Waals surface area contributed by atoms with Crippen LogP contribution in [0, 0.1) is 0 Å². The van der Waals surface area contributed by atoms with E-state index in [0.29, 0.717) is 13.2 Å². The van der Waals surface area contributed by atoms with E-state index >= 15 is 0 Å². The lowest BCUT2D eigenvalue weighted by Gasteiger charge is -2.43. The van der Waals surface area contributed by atoms with Crippen molar-refractivity contribution in [3.8, 4) is 0 Å². The first-order valence-electron chi connectivity index (χ1n) is 8.78. The molecule has 1 aliphatic rings. The van der Waals surface area contributed by atoms with Crippen molar-refractivity contribution in [2.24, 2.45) is 0 Å². The van der Waals surface area contributed by atoms with Gasteiger partial charge in [0, 0.05) is 23.2 Å². The Morgan fingerprint density at radius 3 is 2.32 bits per heavy atom. The minimum atomic E-state index is -2.10. The average Bonchev–Trinajstić information content (AvgIpc) is 2.49. The first kappa shape index (κ1) is 21.4. The number of fused-ring (bicyclic) bond motifs is 1. The fourth-order valence-corrected chi connectivity index (χ4v) is 7.96. The molecule has 1 unspecified atom stereocenters. The highest BCUT2D eigenvalue weighted by Gasteiger charge is 2.42. The van der Waals surface area contributed by atoms with E-state index in [4.69, 9.17) is 21.1 Å². The highest BCUT2D eigenvalue weighted by molar-refractivity contribution is 8.71. The van der Waals surface area contributed by atoms with Crippen LogP contribution in [0.15, 0.2) is 12.1 Å². The third-order valence-electron chi connectivity index (χ3n) is 5.05. The minimum Gasteiger partial charge on any atom is -0.384 e. The smallest absolute Gasteiger partial charge is 0.149 e. The summed E-state index contributed by atoms with van der Waals surface area (Å²) in [5, 5.41) is 1.28. The van der Waals surface area contributed by atoms with Gasteiger partial charge >= 0.3 is 0 Å². The maximum atomic E-state index is 6.34. The van der Waals surface area contributed by atoms with Crippen LogP contribution in [-0.4, -0.2) is 26.6 Å². The molecule has 0 saturated carbocycles. The summed E-state index contributed by atoms with van der Waals surface area (Å²) >= 11 is 7.82. The van der Waals surface area contributed by atoms with Crippen molar-refractivity contribution in [2.75, 3.05) is 26.6 Å². The molecule has 0 spiro atoms. The lowest BCUT2D eigenvalue weighted by atomic mass is 9.74. The van der Waals surface area contributed by atoms with Gasteiger partial charge in [-0.15, -0.1) is 0 Å². The zero-order chi connectivity index (χ0) is 19.3. The minimum absolute atomic E-state index is 0.0352. The van der Waals surface area contributed by atoms with E-state index < -0.39 is 5.47 Å². The third kappa shape index (κ3) is 4.04. The largest absolute Gasteiger partial charge is 0.384 e. The predicted octanol–water partition coefficient (Wildman–Crippen LogP) is 5.51. The molecule has 1 aromatic rings. The Labute approximate surface area is 163 Å². The standard InChI is InChI=1S/C20H33O2PS2/c1-18(2,3)14-10-15(19(4,5)12-21-8)17-16(11-14)20(6,7)13-22-23(17,24)25-9/h10-11H,12-13H2,1-9H3. The summed E-state index contributed by atoms with van der Waals surface area (Å²) in [6.07, 6.45) is 2.09. The Balaban J connectivity index is 2.92. The van der Waals surface area contributed by atoms with Gasteiger partial charge in [0.25, 0.3) is 0 Å². The van der Waals surface area contributed by atoms with E-state index in [2.05, 4.69) is 66.9 Å². The van der Waals surface area contributed by atoms with Gasteiger partial charge in [-0.3, -0.25) is 0 Å². The molecule has 5 heteroatoms. The molecule has 1 aliphatic heterocycles. The molecular formula is C20H33O2PS2. The summed E-state index contributed by atoms with van der Waals surface area (Å²) in [6.45, 7) is 17.2. The van der Waals surface area contributed by atoms with E-state index in [1.54, 1.807) is 18.5 Å². The molecule has 0 fully saturated rings. The van der Waals surface area contributed by atoms with Crippen molar-refractivity contribution >= 4 is 34.0 Å². The molecule has 0 aromatic heterocycles. The van der Waals surface area contributed by atoms with E-state index in [-0.39, 0.29) is 16.2 Å². The highest BCUT2D eigenvalue weighted by Crippen LogP contribution is 2.63. The molecule has 0 aliphatic carbocycles. The Kier molecular flexibility index (Phi) is 5.96. The Morgan fingerprint density at radius 2 is 1.84 bits per heavy atom. The molecular weight excluding hydrogens is 367 g/mol. The monoisotopic (exact) mass is 400 g/mol. The van der Waals surface area contributed by atoms with E-state index in [9.17, 15) is 0 Å². The van der Waals surface area contributed by atoms with Gasteiger partial charge in [-0.1, -0.05) is 83.8 Å². The van der Waals surface area contributed by atoms with Crippen LogP contribution in [-0.2, 0) is 37.3 Å². The topological polar surface area (TPSA) is 18.5 Å². The van der Waals surface area contributed by atoms with Gasteiger partial charge < -0.3 is 9.26 Å². The summed E-state index contributed by atoms with van der Waals surface area (Å²) < 4.78 is 11.9. The summed E-state index contributed by atoms with van der Waals surface area (Å²) in [5.41, 5.74) is 1.89. The van der Waals surface area contributed by atoms with Crippen LogP contribution in [0.3, 0.4) is 0 Å². The quantitative estimate of drug-likeness (QED) is 0.620. The van der Waals surface area contributed by atoms with Crippen molar-refractivity contribution in [1.82, 2.24) is 0 Å². The van der Waals surface area contributed by atoms with Crippen LogP contribution in [0.2, 0.25) is 0 Å². The maximum absolute atomic E-state index is 6.34. The number of benzene rings is 1. The zero-order valence-electron chi connectivity index (χ0n) is 17.1. The number of hydrogen-bond acceptors (Lipinski definition) is 4. The van der Waals surface area contributed by atoms with Crippen molar-refractivity contribution in [2.45, 2.75) is 64.7 Å². The third-order valence-corrected chi connectivity index (χ3v) is 11.5. The molecule has 1 heterocycles. The Bertz CT molecular complexity index is 702. The predicted molar refractivity (Wildman–Crippen MR) is 116 cm³/mol. The fraction of sp³-hybridized carbons (Fsp3) is 0.700. The van der Waals surface area contributed by atoms with Gasteiger partial charge in [-0.2, -0.15) is 0 Å². The number of methoxy groups -OCH3 is 1. The van der Waals surface area contributed by atoms with Crippen LogP contribution < -0.4 is 5.30 Å². The lowest BCUT2D eigenvalue weighted by molar-refractivity contribution is 0.147. The lowest BCUT2D eigenvalue weighted by Crippen LogP contribution is -2.41. The second kappa shape index (κ2) is 6.95. The Morgan fingerprint density at radius 1 is 1.24 bits per heavy atom. The number of hydrogen-bond donors (Lipinski definition) is 0. The van der Waals surface area contributed by atoms with Gasteiger partial charge in [0.1, 0.15) is 5.47 Å². The van der Waals surface area contributed by atoms with Crippen LogP contribution in [0.1, 0.15) is 65.2 Å². The first-order valence-corrected chi connectivity index (χ1v) is 13.3. The molecule has 0 radical (unpaired) electrons. The van der Waals surface area contributed by atoms with Crippen LogP contribution in [0.4, 0.5) is 0 Å². The first-order chi connectivity index (χ1) is 11.3. The summed E-state index contributed by atoms with van der Waals surface area (Å²) in [5.74, 6) is 0. The molecule has 2 rings (SSSR count). The van der Waals surface area contributed by atoms with Crippen LogP contribution in [0.5, 0.6) is 0 Å². The van der Waals surface area contributed by atoms with Crippen LogP contribution >= 0.6 is 16.8 Å². The molecule has 142 valence electrons. The second-order valence-corrected chi connectivity index (χ2v) is 16.3. The summed E-state index contributed by atoms with van der Waals surface area (Å²) in [7, 11) is 1.77. The molecule has 0 saturated heterocycles. The second-order valence-electron chi connectivity index (χ2n) is 9.32. The van der Waals surface area contributed by atoms with E-state index in [1.807, 2.05) is 0 Å². The van der Waals surface area contributed by atoms with Gasteiger partial charge in [0.2, 0.25) is 0 Å². The van der Waals surface area contributed by atoms with Gasteiger partial charge in [0.05, 0.1) is 13.2 Å². The molecule has 0 bridgehead atoms. The normalized spacial score (nSPS) is 23.4. The SMILES string of the molecule is COCC(C)(C)c1cc(C(C)(C)C)cc2c1P(=S)(SC)OCC2(C)C. The summed E-state index contributed by atoms with van der Waals surface area (Å²) in [4.78, 5) is 0. The van der Waals surface area contributed by atoms with E-state index in [1.165, 1.54) is 22.0 Å². The van der Waals surface area contributed by atoms with E-state index in [0.717, 1.165) is 0 Å². The summed E-state index contributed by atoms with van der Waals surface area (Å²) in [6, 6.07) is 4.75. The Hall–Kier alpha value is 0.140. The van der Waals surface area contributed by atoms with Crippen molar-refractivity contribution < 1.29 is 9.26 Å². The highest BCUT2D eigenvalue weighted by atomic mass is 32.9. The molecule has 1 atom stereocenters. The number of ether oxygens (including phenoxy) is 1. The molecule has 1 aromatic carbocycles. The van der Waals surface area contributed by atoms with Gasteiger partial charge in [-0.05, 0) is 28.4 Å². The van der Waals surface area contributed by atoms with Gasteiger partial charge in [0.15, 0.2) is 0 Å². The maximum Gasteiger partial charge on any atom is 0.149 e. The number of rotatable bonds is 4. The van der Waals surface area contributed by atoms with Gasteiger partial charge in [-0.25, -0.2) is 0 Å². The van der Waals surface area contributed by atoms with Crippen molar-refractivity contribution in [1.29, 1.82) is 0 Å². The zero-order valence-corrected chi connectivity index (χ0v) is 19.7. The average molecular weight is 401 g/mol. The molecule has 2 nitrogen and oxygen atoms in total. The fourth-order valence-electron chi connectivity index (χ4n) is 3.37. The molecule has 0 N–H and O–H groups in total. The molecule has 0 amide bonds. The van der Waals surface area contributed by atoms with Crippen molar-refractivity contribution in [3.63, 3.8) is 0 Å². The molecule has 25 heavy (non-hydrogen) atoms.